The summed E-state index contributed by atoms with van der Waals surface area (Å²) in [5.41, 5.74) is 2.76. The maximum Gasteiger partial charge on any atom is 0.0207 e. The second kappa shape index (κ2) is 3.19. The van der Waals surface area contributed by atoms with E-state index in [-0.39, 0.29) is 0 Å². The molecular formula is C10H12BrN. The second-order valence-electron chi connectivity index (χ2n) is 3.36. The van der Waals surface area contributed by atoms with Crippen LogP contribution in [0.15, 0.2) is 22.7 Å². The minimum Gasteiger partial charge on any atom is -0.315 e. The molecule has 1 aliphatic rings. The Labute approximate surface area is 81.3 Å². The van der Waals surface area contributed by atoms with E-state index in [4.69, 9.17) is 0 Å². The van der Waals surface area contributed by atoms with Gasteiger partial charge in [-0.05, 0) is 24.1 Å². The number of halogens is 1. The summed E-state index contributed by atoms with van der Waals surface area (Å²) in [6.07, 6.45) is 0. The Morgan fingerprint density at radius 3 is 2.67 bits per heavy atom. The molecule has 0 saturated carbocycles. The van der Waals surface area contributed by atoms with Gasteiger partial charge in [0.15, 0.2) is 0 Å². The van der Waals surface area contributed by atoms with Crippen molar-refractivity contribution in [3.8, 4) is 0 Å². The van der Waals surface area contributed by atoms with E-state index in [0.717, 1.165) is 19.0 Å². The highest BCUT2D eigenvalue weighted by molar-refractivity contribution is 9.10. The van der Waals surface area contributed by atoms with Crippen LogP contribution >= 0.6 is 15.9 Å². The van der Waals surface area contributed by atoms with Crippen molar-refractivity contribution >= 4 is 15.9 Å². The molecule has 0 spiro atoms. The molecule has 1 fully saturated rings. The number of hydrogen-bond acceptors (Lipinski definition) is 1. The molecule has 12 heavy (non-hydrogen) atoms. The van der Waals surface area contributed by atoms with E-state index in [9.17, 15) is 0 Å². The summed E-state index contributed by atoms with van der Waals surface area (Å²) < 4.78 is 1.23. The van der Waals surface area contributed by atoms with Crippen LogP contribution < -0.4 is 5.32 Å². The first-order valence-corrected chi connectivity index (χ1v) is 5.03. The second-order valence-corrected chi connectivity index (χ2v) is 4.22. The molecular weight excluding hydrogens is 214 g/mol. The van der Waals surface area contributed by atoms with Crippen molar-refractivity contribution in [2.75, 3.05) is 13.1 Å². The third kappa shape index (κ3) is 1.41. The van der Waals surface area contributed by atoms with Gasteiger partial charge in [0.25, 0.3) is 0 Å². The van der Waals surface area contributed by atoms with Crippen molar-refractivity contribution < 1.29 is 0 Å². The molecule has 0 bridgehead atoms. The maximum atomic E-state index is 3.55. The highest BCUT2D eigenvalue weighted by atomic mass is 79.9. The minimum atomic E-state index is 0.738. The number of nitrogens with one attached hydrogen (secondary N) is 1. The Kier molecular flexibility index (Phi) is 2.20. The van der Waals surface area contributed by atoms with Gasteiger partial charge in [-0.25, -0.2) is 0 Å². The summed E-state index contributed by atoms with van der Waals surface area (Å²) in [6.45, 7) is 4.39. The number of rotatable bonds is 1. The van der Waals surface area contributed by atoms with Crippen LogP contribution in [0.4, 0.5) is 0 Å². The normalized spacial score (nSPS) is 17.5. The van der Waals surface area contributed by atoms with Gasteiger partial charge < -0.3 is 5.32 Å². The molecule has 1 aliphatic heterocycles. The van der Waals surface area contributed by atoms with Gasteiger partial charge in [0.05, 0.1) is 0 Å². The lowest BCUT2D eigenvalue weighted by Gasteiger charge is -2.27. The molecule has 64 valence electrons. The standard InChI is InChI=1S/C10H12BrN/c1-7-2-3-8(4-10(7)11)9-5-12-6-9/h2-4,9,12H,5-6H2,1H3. The molecule has 2 rings (SSSR count). The van der Waals surface area contributed by atoms with E-state index in [1.165, 1.54) is 15.6 Å². The van der Waals surface area contributed by atoms with Crippen molar-refractivity contribution in [2.24, 2.45) is 0 Å². The fourth-order valence-corrected chi connectivity index (χ4v) is 1.78. The molecule has 1 heterocycles. The van der Waals surface area contributed by atoms with Crippen LogP contribution in [-0.4, -0.2) is 13.1 Å². The quantitative estimate of drug-likeness (QED) is 0.775. The Balaban J connectivity index is 2.27. The minimum absolute atomic E-state index is 0.738. The Morgan fingerprint density at radius 1 is 1.42 bits per heavy atom. The zero-order valence-electron chi connectivity index (χ0n) is 7.10. The van der Waals surface area contributed by atoms with Gasteiger partial charge in [-0.15, -0.1) is 0 Å². The predicted molar refractivity (Wildman–Crippen MR) is 54.5 cm³/mol. The smallest absolute Gasteiger partial charge is 0.0207 e. The van der Waals surface area contributed by atoms with Crippen molar-refractivity contribution in [3.05, 3.63) is 33.8 Å². The van der Waals surface area contributed by atoms with Crippen LogP contribution in [0.1, 0.15) is 17.0 Å². The largest absolute Gasteiger partial charge is 0.315 e. The maximum absolute atomic E-state index is 3.55. The van der Waals surface area contributed by atoms with Gasteiger partial charge in [-0.3, -0.25) is 0 Å². The molecule has 0 amide bonds. The van der Waals surface area contributed by atoms with Crippen molar-refractivity contribution in [1.29, 1.82) is 0 Å². The van der Waals surface area contributed by atoms with E-state index < -0.39 is 0 Å². The summed E-state index contributed by atoms with van der Waals surface area (Å²) >= 11 is 3.55. The van der Waals surface area contributed by atoms with E-state index in [2.05, 4.69) is 46.4 Å². The third-order valence-corrected chi connectivity index (χ3v) is 3.30. The summed E-state index contributed by atoms with van der Waals surface area (Å²) in [5, 5.41) is 3.28. The summed E-state index contributed by atoms with van der Waals surface area (Å²) in [6, 6.07) is 6.64. The van der Waals surface area contributed by atoms with Crippen molar-refractivity contribution in [3.63, 3.8) is 0 Å². The van der Waals surface area contributed by atoms with Crippen molar-refractivity contribution in [2.45, 2.75) is 12.8 Å². The summed E-state index contributed by atoms with van der Waals surface area (Å²) in [5.74, 6) is 0.738. The van der Waals surface area contributed by atoms with E-state index in [0.29, 0.717) is 0 Å². The van der Waals surface area contributed by atoms with Crippen LogP contribution in [-0.2, 0) is 0 Å². The number of aryl methyl sites for hydroxylation is 1. The zero-order chi connectivity index (χ0) is 8.55. The molecule has 1 saturated heterocycles. The highest BCUT2D eigenvalue weighted by Gasteiger charge is 2.18. The summed E-state index contributed by atoms with van der Waals surface area (Å²) in [4.78, 5) is 0. The highest BCUT2D eigenvalue weighted by Crippen LogP contribution is 2.25. The summed E-state index contributed by atoms with van der Waals surface area (Å²) in [7, 11) is 0. The first-order chi connectivity index (χ1) is 5.77. The molecule has 0 radical (unpaired) electrons. The molecule has 0 atom stereocenters. The first kappa shape index (κ1) is 8.27. The lowest BCUT2D eigenvalue weighted by molar-refractivity contribution is 0.448. The molecule has 1 nitrogen and oxygen atoms in total. The van der Waals surface area contributed by atoms with Gasteiger partial charge in [-0.1, -0.05) is 28.1 Å². The van der Waals surface area contributed by atoms with Gasteiger partial charge in [-0.2, -0.15) is 0 Å². The van der Waals surface area contributed by atoms with Gasteiger partial charge in [0.2, 0.25) is 0 Å². The molecule has 0 unspecified atom stereocenters. The zero-order valence-corrected chi connectivity index (χ0v) is 8.69. The van der Waals surface area contributed by atoms with Crippen LogP contribution in [0, 0.1) is 6.92 Å². The third-order valence-electron chi connectivity index (χ3n) is 2.45. The lowest BCUT2D eigenvalue weighted by Crippen LogP contribution is -2.39. The van der Waals surface area contributed by atoms with Crippen molar-refractivity contribution in [1.82, 2.24) is 5.32 Å². The van der Waals surface area contributed by atoms with Gasteiger partial charge in [0, 0.05) is 23.5 Å². The predicted octanol–water partition coefficient (Wildman–Crippen LogP) is 2.44. The Hall–Kier alpha value is -0.340. The van der Waals surface area contributed by atoms with Crippen LogP contribution in [0.3, 0.4) is 0 Å². The molecule has 1 aromatic carbocycles. The Morgan fingerprint density at radius 2 is 2.17 bits per heavy atom. The average molecular weight is 226 g/mol. The van der Waals surface area contributed by atoms with Crippen LogP contribution in [0.25, 0.3) is 0 Å². The fraction of sp³-hybridized carbons (Fsp3) is 0.400. The number of hydrogen-bond donors (Lipinski definition) is 1. The van der Waals surface area contributed by atoms with Gasteiger partial charge in [0.1, 0.15) is 0 Å². The molecule has 2 heteroatoms. The number of benzene rings is 1. The molecule has 0 aromatic heterocycles. The fourth-order valence-electron chi connectivity index (χ4n) is 1.39. The van der Waals surface area contributed by atoms with Crippen LogP contribution in [0.2, 0.25) is 0 Å². The Bertz CT molecular complexity index is 292. The molecule has 1 aromatic rings. The van der Waals surface area contributed by atoms with E-state index >= 15 is 0 Å². The molecule has 1 N–H and O–H groups in total. The molecule has 0 aliphatic carbocycles. The van der Waals surface area contributed by atoms with E-state index in [1.54, 1.807) is 0 Å². The first-order valence-electron chi connectivity index (χ1n) is 4.24. The topological polar surface area (TPSA) is 12.0 Å². The average Bonchev–Trinajstić information content (AvgIpc) is 1.93. The van der Waals surface area contributed by atoms with Crippen LogP contribution in [0.5, 0.6) is 0 Å². The monoisotopic (exact) mass is 225 g/mol. The SMILES string of the molecule is Cc1ccc(C2CNC2)cc1Br. The lowest BCUT2D eigenvalue weighted by atomic mass is 9.93. The van der Waals surface area contributed by atoms with E-state index in [1.807, 2.05) is 0 Å². The van der Waals surface area contributed by atoms with Gasteiger partial charge >= 0.3 is 0 Å².